The molecule has 2 aromatic carbocycles. The van der Waals surface area contributed by atoms with Crippen LogP contribution in [0, 0.1) is 0 Å². The highest BCUT2D eigenvalue weighted by Gasteiger charge is 2.17. The van der Waals surface area contributed by atoms with E-state index in [2.05, 4.69) is 5.32 Å². The normalized spacial score (nSPS) is 10.8. The summed E-state index contributed by atoms with van der Waals surface area (Å²) in [6.45, 7) is 0. The second-order valence-corrected chi connectivity index (χ2v) is 6.09. The molecule has 6 nitrogen and oxygen atoms in total. The number of pyridine rings is 1. The van der Waals surface area contributed by atoms with Gasteiger partial charge in [-0.2, -0.15) is 0 Å². The maximum atomic E-state index is 9.49. The number of rotatable bonds is 5. The molecule has 0 aliphatic rings. The van der Waals surface area contributed by atoms with E-state index in [1.807, 2.05) is 59.1 Å². The van der Waals surface area contributed by atoms with Crippen LogP contribution in [0.25, 0.3) is 16.9 Å². The number of benzene rings is 2. The Hall–Kier alpha value is -3.29. The van der Waals surface area contributed by atoms with Crippen LogP contribution in [0.4, 0.5) is 11.5 Å². The van der Waals surface area contributed by atoms with Gasteiger partial charge in [0.2, 0.25) is 0 Å². The van der Waals surface area contributed by atoms with Gasteiger partial charge in [0.05, 0.1) is 7.11 Å². The Kier molecular flexibility index (Phi) is 4.54. The smallest absolute Gasteiger partial charge is 0.488 e. The van der Waals surface area contributed by atoms with E-state index in [1.165, 1.54) is 0 Å². The lowest BCUT2D eigenvalue weighted by Crippen LogP contribution is -2.29. The molecule has 4 aromatic rings. The summed E-state index contributed by atoms with van der Waals surface area (Å²) >= 11 is 0. The van der Waals surface area contributed by atoms with Crippen molar-refractivity contribution in [1.29, 1.82) is 0 Å². The van der Waals surface area contributed by atoms with Gasteiger partial charge in [-0.15, -0.1) is 0 Å². The molecule has 0 bridgehead atoms. The summed E-state index contributed by atoms with van der Waals surface area (Å²) < 4.78 is 7.17. The molecule has 0 aliphatic carbocycles. The molecule has 3 N–H and O–H groups in total. The Morgan fingerprint density at radius 2 is 1.81 bits per heavy atom. The average molecular weight is 359 g/mol. The molecule has 0 saturated carbocycles. The van der Waals surface area contributed by atoms with Gasteiger partial charge in [-0.3, -0.25) is 4.40 Å². The number of fused-ring (bicyclic) bond motifs is 1. The van der Waals surface area contributed by atoms with Gasteiger partial charge in [-0.1, -0.05) is 30.3 Å². The van der Waals surface area contributed by atoms with E-state index in [9.17, 15) is 10.0 Å². The Balaban J connectivity index is 1.83. The fourth-order valence-corrected chi connectivity index (χ4v) is 2.97. The molecule has 0 unspecified atom stereocenters. The molecule has 0 radical (unpaired) electrons. The number of hydrogen-bond acceptors (Lipinski definition) is 5. The number of methoxy groups -OCH3 is 1. The first-order valence-electron chi connectivity index (χ1n) is 8.50. The lowest BCUT2D eigenvalue weighted by molar-refractivity contribution is 0.415. The predicted octanol–water partition coefficient (Wildman–Crippen LogP) is 2.43. The fraction of sp³-hybridized carbons (Fsp3) is 0.0500. The molecule has 0 aliphatic heterocycles. The van der Waals surface area contributed by atoms with Crippen molar-refractivity contribution in [2.24, 2.45) is 0 Å². The maximum Gasteiger partial charge on any atom is 0.488 e. The van der Waals surface area contributed by atoms with E-state index < -0.39 is 7.12 Å². The van der Waals surface area contributed by atoms with Crippen molar-refractivity contribution < 1.29 is 14.8 Å². The van der Waals surface area contributed by atoms with Crippen LogP contribution < -0.4 is 15.5 Å². The molecule has 0 spiro atoms. The topological polar surface area (TPSA) is 79.0 Å². The molecule has 0 saturated heterocycles. The van der Waals surface area contributed by atoms with Crippen molar-refractivity contribution in [3.8, 4) is 17.0 Å². The highest BCUT2D eigenvalue weighted by atomic mass is 16.5. The largest absolute Gasteiger partial charge is 0.497 e. The third kappa shape index (κ3) is 3.38. The average Bonchev–Trinajstić information content (AvgIpc) is 3.07. The van der Waals surface area contributed by atoms with Gasteiger partial charge >= 0.3 is 7.12 Å². The molecule has 7 heteroatoms. The van der Waals surface area contributed by atoms with E-state index in [0.29, 0.717) is 5.46 Å². The predicted molar refractivity (Wildman–Crippen MR) is 107 cm³/mol. The second kappa shape index (κ2) is 7.15. The van der Waals surface area contributed by atoms with Crippen molar-refractivity contribution in [3.63, 3.8) is 0 Å². The first-order chi connectivity index (χ1) is 13.2. The summed E-state index contributed by atoms with van der Waals surface area (Å²) in [5.74, 6) is 1.57. The minimum absolute atomic E-state index is 0.417. The second-order valence-electron chi connectivity index (χ2n) is 6.09. The zero-order valence-electron chi connectivity index (χ0n) is 14.7. The summed E-state index contributed by atoms with van der Waals surface area (Å²) in [7, 11) is 0.105. The number of nitrogens with zero attached hydrogens (tertiary/aromatic N) is 2. The molecular formula is C20H18BN3O3. The number of nitrogens with one attached hydrogen (secondary N) is 1. The maximum absolute atomic E-state index is 9.49. The van der Waals surface area contributed by atoms with E-state index in [1.54, 1.807) is 25.3 Å². The summed E-state index contributed by atoms with van der Waals surface area (Å²) in [5.41, 5.74) is 3.61. The molecule has 4 rings (SSSR count). The molecule has 134 valence electrons. The lowest BCUT2D eigenvalue weighted by atomic mass is 9.79. The zero-order chi connectivity index (χ0) is 18.8. The lowest BCUT2D eigenvalue weighted by Gasteiger charge is -2.10. The first kappa shape index (κ1) is 17.1. The Morgan fingerprint density at radius 1 is 1.00 bits per heavy atom. The zero-order valence-corrected chi connectivity index (χ0v) is 14.7. The van der Waals surface area contributed by atoms with E-state index in [4.69, 9.17) is 9.72 Å². The van der Waals surface area contributed by atoms with Crippen LogP contribution in [0.3, 0.4) is 0 Å². The number of anilines is 2. The quantitative estimate of drug-likeness (QED) is 0.477. The third-order valence-electron chi connectivity index (χ3n) is 4.34. The molecule has 2 heterocycles. The highest BCUT2D eigenvalue weighted by molar-refractivity contribution is 6.58. The van der Waals surface area contributed by atoms with E-state index in [-0.39, 0.29) is 0 Å². The molecule has 0 fully saturated rings. The minimum atomic E-state index is -1.53. The molecule has 0 amide bonds. The molecule has 2 aromatic heterocycles. The number of aromatic nitrogens is 2. The van der Waals surface area contributed by atoms with Crippen LogP contribution >= 0.6 is 0 Å². The van der Waals surface area contributed by atoms with Gasteiger partial charge in [-0.25, -0.2) is 4.98 Å². The number of ether oxygens (including phenoxy) is 1. The van der Waals surface area contributed by atoms with Crippen LogP contribution in [0.5, 0.6) is 5.75 Å². The van der Waals surface area contributed by atoms with Crippen molar-refractivity contribution in [3.05, 3.63) is 72.9 Å². The van der Waals surface area contributed by atoms with Crippen LogP contribution in [0.15, 0.2) is 72.9 Å². The van der Waals surface area contributed by atoms with Gasteiger partial charge < -0.3 is 20.1 Å². The van der Waals surface area contributed by atoms with Crippen LogP contribution in [0.2, 0.25) is 0 Å². The SMILES string of the molecule is COc1ccc(Nc2c(-c3cccc(B(O)O)c3)nc3ccccn23)cc1. The minimum Gasteiger partial charge on any atom is -0.497 e. The summed E-state index contributed by atoms with van der Waals surface area (Å²) in [6.07, 6.45) is 1.93. The first-order valence-corrected chi connectivity index (χ1v) is 8.50. The van der Waals surface area contributed by atoms with Crippen molar-refractivity contribution >= 4 is 29.7 Å². The summed E-state index contributed by atoms with van der Waals surface area (Å²) in [4.78, 5) is 4.73. The van der Waals surface area contributed by atoms with Gasteiger partial charge in [-0.05, 0) is 41.9 Å². The third-order valence-corrected chi connectivity index (χ3v) is 4.34. The fourth-order valence-electron chi connectivity index (χ4n) is 2.97. The Morgan fingerprint density at radius 3 is 2.56 bits per heavy atom. The summed E-state index contributed by atoms with van der Waals surface area (Å²) in [6, 6.07) is 20.5. The van der Waals surface area contributed by atoms with Crippen LogP contribution in [-0.2, 0) is 0 Å². The van der Waals surface area contributed by atoms with Crippen LogP contribution in [0.1, 0.15) is 0 Å². The highest BCUT2D eigenvalue weighted by Crippen LogP contribution is 2.31. The monoisotopic (exact) mass is 359 g/mol. The molecule has 27 heavy (non-hydrogen) atoms. The summed E-state index contributed by atoms with van der Waals surface area (Å²) in [5, 5.41) is 22.4. The van der Waals surface area contributed by atoms with Crippen molar-refractivity contribution in [1.82, 2.24) is 9.38 Å². The van der Waals surface area contributed by atoms with Gasteiger partial charge in [0.1, 0.15) is 22.9 Å². The number of hydrogen-bond donors (Lipinski definition) is 3. The van der Waals surface area contributed by atoms with E-state index >= 15 is 0 Å². The Labute approximate surface area is 156 Å². The van der Waals surface area contributed by atoms with E-state index in [0.717, 1.165) is 34.2 Å². The van der Waals surface area contributed by atoms with Crippen LogP contribution in [-0.4, -0.2) is 33.7 Å². The Bertz CT molecular complexity index is 1080. The van der Waals surface area contributed by atoms with Gasteiger partial charge in [0.15, 0.2) is 0 Å². The molecule has 0 atom stereocenters. The van der Waals surface area contributed by atoms with Gasteiger partial charge in [0, 0.05) is 17.4 Å². The number of imidazole rings is 1. The standard InChI is InChI=1S/C20H18BN3O3/c1-27-17-10-8-16(9-11-17)22-20-19(23-18-7-2-3-12-24(18)20)14-5-4-6-15(13-14)21(25)26/h2-13,22,25-26H,1H3. The van der Waals surface area contributed by atoms with Crippen molar-refractivity contribution in [2.75, 3.05) is 12.4 Å². The molecular weight excluding hydrogens is 341 g/mol. The van der Waals surface area contributed by atoms with Crippen molar-refractivity contribution in [2.45, 2.75) is 0 Å². The van der Waals surface area contributed by atoms with Gasteiger partial charge in [0.25, 0.3) is 0 Å².